The molecular formula is C9H16FNO. The maximum atomic E-state index is 12.7. The average molecular weight is 173 g/mol. The van der Waals surface area contributed by atoms with Gasteiger partial charge in [-0.15, -0.1) is 0 Å². The van der Waals surface area contributed by atoms with Gasteiger partial charge in [-0.25, -0.2) is 4.39 Å². The number of hydrogen-bond acceptors (Lipinski definition) is 2. The van der Waals surface area contributed by atoms with Crippen molar-refractivity contribution in [1.82, 2.24) is 4.90 Å². The van der Waals surface area contributed by atoms with E-state index >= 15 is 0 Å². The van der Waals surface area contributed by atoms with Gasteiger partial charge in [-0.2, -0.15) is 0 Å². The third-order valence-electron chi connectivity index (χ3n) is 2.44. The van der Waals surface area contributed by atoms with Crippen LogP contribution < -0.4 is 0 Å². The Labute approximate surface area is 72.7 Å². The predicted molar refractivity (Wildman–Crippen MR) is 45.8 cm³/mol. The summed E-state index contributed by atoms with van der Waals surface area (Å²) in [5.41, 5.74) is 0.110. The minimum atomic E-state index is -1.26. The number of carbonyl (C=O) groups is 1. The van der Waals surface area contributed by atoms with E-state index in [1.165, 1.54) is 0 Å². The van der Waals surface area contributed by atoms with E-state index in [2.05, 4.69) is 25.7 Å². The zero-order valence-electron chi connectivity index (χ0n) is 7.88. The molecule has 1 fully saturated rings. The number of halogens is 1. The Hall–Kier alpha value is -0.440. The Balaban J connectivity index is 2.33. The van der Waals surface area contributed by atoms with Gasteiger partial charge in [0.05, 0.1) is 0 Å². The molecule has 1 heterocycles. The maximum Gasteiger partial charge on any atom is 0.160 e. The van der Waals surface area contributed by atoms with E-state index in [9.17, 15) is 9.18 Å². The lowest BCUT2D eigenvalue weighted by Gasteiger charge is -2.47. The summed E-state index contributed by atoms with van der Waals surface area (Å²) in [5.74, 6) is -0.0678. The number of rotatable bonds is 2. The molecule has 12 heavy (non-hydrogen) atoms. The predicted octanol–water partition coefficient (Wildman–Crippen LogP) is 1.25. The lowest BCUT2D eigenvalue weighted by Crippen LogP contribution is -2.58. The van der Waals surface area contributed by atoms with Crippen molar-refractivity contribution in [2.24, 2.45) is 5.92 Å². The third kappa shape index (κ3) is 1.83. The standard InChI is InChI=1S/C9H16FNO/c1-9(2,3)11-4-7(5-11)8(10)6-12/h6-8H,4-5H2,1-3H3. The first-order chi connectivity index (χ1) is 5.45. The first kappa shape index (κ1) is 9.65. The van der Waals surface area contributed by atoms with Gasteiger partial charge in [0.2, 0.25) is 0 Å². The summed E-state index contributed by atoms with van der Waals surface area (Å²) < 4.78 is 12.7. The minimum Gasteiger partial charge on any atom is -0.300 e. The van der Waals surface area contributed by atoms with Crippen molar-refractivity contribution in [2.75, 3.05) is 13.1 Å². The second-order valence-corrected chi connectivity index (χ2v) is 4.42. The Morgan fingerprint density at radius 1 is 1.50 bits per heavy atom. The van der Waals surface area contributed by atoms with Crippen molar-refractivity contribution in [3.05, 3.63) is 0 Å². The summed E-state index contributed by atoms with van der Waals surface area (Å²) in [5, 5.41) is 0. The molecule has 1 aliphatic heterocycles. The van der Waals surface area contributed by atoms with Crippen LogP contribution in [-0.2, 0) is 4.79 Å². The number of likely N-dealkylation sites (tertiary alicyclic amines) is 1. The molecule has 0 spiro atoms. The van der Waals surface area contributed by atoms with Crippen LogP contribution in [0.5, 0.6) is 0 Å². The lowest BCUT2D eigenvalue weighted by molar-refractivity contribution is -0.117. The van der Waals surface area contributed by atoms with Gasteiger partial charge in [0, 0.05) is 24.5 Å². The Morgan fingerprint density at radius 3 is 2.33 bits per heavy atom. The van der Waals surface area contributed by atoms with E-state index in [1.54, 1.807) is 0 Å². The van der Waals surface area contributed by atoms with Gasteiger partial charge < -0.3 is 4.79 Å². The van der Waals surface area contributed by atoms with Gasteiger partial charge in [0.25, 0.3) is 0 Å². The largest absolute Gasteiger partial charge is 0.300 e. The van der Waals surface area contributed by atoms with Gasteiger partial charge in [-0.3, -0.25) is 4.90 Å². The minimum absolute atomic E-state index is 0.0678. The van der Waals surface area contributed by atoms with Crippen LogP contribution in [0, 0.1) is 5.92 Å². The molecule has 0 amide bonds. The van der Waals surface area contributed by atoms with Gasteiger partial charge in [0.1, 0.15) is 0 Å². The van der Waals surface area contributed by atoms with Crippen LogP contribution in [0.1, 0.15) is 20.8 Å². The fourth-order valence-corrected chi connectivity index (χ4v) is 1.37. The van der Waals surface area contributed by atoms with E-state index in [-0.39, 0.29) is 11.5 Å². The van der Waals surface area contributed by atoms with Crippen LogP contribution in [0.25, 0.3) is 0 Å². The molecule has 70 valence electrons. The molecule has 2 nitrogen and oxygen atoms in total. The zero-order valence-corrected chi connectivity index (χ0v) is 7.88. The monoisotopic (exact) mass is 173 g/mol. The summed E-state index contributed by atoms with van der Waals surface area (Å²) in [6.07, 6.45) is -0.853. The molecule has 1 aliphatic rings. The van der Waals surface area contributed by atoms with Crippen LogP contribution in [0.3, 0.4) is 0 Å². The molecule has 1 rings (SSSR count). The van der Waals surface area contributed by atoms with Gasteiger partial charge in [0.15, 0.2) is 12.5 Å². The smallest absolute Gasteiger partial charge is 0.160 e. The fraction of sp³-hybridized carbons (Fsp3) is 0.889. The molecule has 1 unspecified atom stereocenters. The highest BCUT2D eigenvalue weighted by atomic mass is 19.1. The number of alkyl halides is 1. The highest BCUT2D eigenvalue weighted by Gasteiger charge is 2.38. The zero-order chi connectivity index (χ0) is 9.35. The van der Waals surface area contributed by atoms with E-state index in [1.807, 2.05) is 0 Å². The quantitative estimate of drug-likeness (QED) is 0.586. The summed E-state index contributed by atoms with van der Waals surface area (Å²) in [6.45, 7) is 7.71. The van der Waals surface area contributed by atoms with Crippen LogP contribution in [-0.4, -0.2) is 36.0 Å². The van der Waals surface area contributed by atoms with Crippen molar-refractivity contribution in [3.63, 3.8) is 0 Å². The molecule has 0 aliphatic carbocycles. The molecular weight excluding hydrogens is 157 g/mol. The molecule has 1 atom stereocenters. The molecule has 0 aromatic rings. The highest BCUT2D eigenvalue weighted by molar-refractivity contribution is 5.56. The van der Waals surface area contributed by atoms with Crippen LogP contribution in [0.15, 0.2) is 0 Å². The van der Waals surface area contributed by atoms with Crippen molar-refractivity contribution in [3.8, 4) is 0 Å². The molecule has 0 N–H and O–H groups in total. The van der Waals surface area contributed by atoms with Crippen LogP contribution in [0.4, 0.5) is 4.39 Å². The molecule has 1 saturated heterocycles. The van der Waals surface area contributed by atoms with E-state index in [4.69, 9.17) is 0 Å². The Kier molecular flexibility index (Phi) is 2.52. The first-order valence-electron chi connectivity index (χ1n) is 4.29. The molecule has 0 radical (unpaired) electrons. The van der Waals surface area contributed by atoms with Crippen LogP contribution >= 0.6 is 0 Å². The first-order valence-corrected chi connectivity index (χ1v) is 4.29. The molecule has 3 heteroatoms. The lowest BCUT2D eigenvalue weighted by atomic mass is 9.90. The topological polar surface area (TPSA) is 20.3 Å². The molecule has 0 saturated carbocycles. The second kappa shape index (κ2) is 3.13. The van der Waals surface area contributed by atoms with Gasteiger partial charge in [-0.05, 0) is 20.8 Å². The van der Waals surface area contributed by atoms with Crippen molar-refractivity contribution < 1.29 is 9.18 Å². The summed E-state index contributed by atoms with van der Waals surface area (Å²) in [7, 11) is 0. The van der Waals surface area contributed by atoms with Crippen molar-refractivity contribution in [1.29, 1.82) is 0 Å². The molecule has 0 aromatic heterocycles. The summed E-state index contributed by atoms with van der Waals surface area (Å²) >= 11 is 0. The molecule has 0 aromatic carbocycles. The Bertz CT molecular complexity index is 170. The molecule has 0 bridgehead atoms. The maximum absolute atomic E-state index is 12.7. The van der Waals surface area contributed by atoms with Gasteiger partial charge >= 0.3 is 0 Å². The van der Waals surface area contributed by atoms with E-state index < -0.39 is 6.17 Å². The van der Waals surface area contributed by atoms with Crippen molar-refractivity contribution in [2.45, 2.75) is 32.5 Å². The van der Waals surface area contributed by atoms with E-state index in [0.717, 1.165) is 0 Å². The van der Waals surface area contributed by atoms with Crippen LogP contribution in [0.2, 0.25) is 0 Å². The van der Waals surface area contributed by atoms with Gasteiger partial charge in [-0.1, -0.05) is 0 Å². The highest BCUT2D eigenvalue weighted by Crippen LogP contribution is 2.27. The normalized spacial score (nSPS) is 23.3. The SMILES string of the molecule is CC(C)(C)N1CC(C(F)C=O)C1. The van der Waals surface area contributed by atoms with E-state index in [0.29, 0.717) is 19.4 Å². The average Bonchev–Trinajstić information content (AvgIpc) is 1.80. The Morgan fingerprint density at radius 2 is 2.00 bits per heavy atom. The second-order valence-electron chi connectivity index (χ2n) is 4.42. The number of hydrogen-bond donors (Lipinski definition) is 0. The fourth-order valence-electron chi connectivity index (χ4n) is 1.37. The summed E-state index contributed by atoms with van der Waals surface area (Å²) in [6, 6.07) is 0. The third-order valence-corrected chi connectivity index (χ3v) is 2.44. The number of nitrogens with zero attached hydrogens (tertiary/aromatic N) is 1. The summed E-state index contributed by atoms with van der Waals surface area (Å²) in [4.78, 5) is 12.3. The number of aldehydes is 1. The van der Waals surface area contributed by atoms with Crippen molar-refractivity contribution >= 4 is 6.29 Å². The number of carbonyl (C=O) groups excluding carboxylic acids is 1.